The zero-order chi connectivity index (χ0) is 15.6. The van der Waals surface area contributed by atoms with E-state index in [1.807, 2.05) is 42.5 Å². The minimum atomic E-state index is -3.54. The quantitative estimate of drug-likeness (QED) is 0.688. The molecular weight excluding hydrogens is 317 g/mol. The molecule has 0 bridgehead atoms. The van der Waals surface area contributed by atoms with E-state index in [1.165, 1.54) is 0 Å². The van der Waals surface area contributed by atoms with Crippen molar-refractivity contribution >= 4 is 29.1 Å². The second-order valence-corrected chi connectivity index (χ2v) is 7.78. The van der Waals surface area contributed by atoms with E-state index < -0.39 is 7.60 Å². The molecule has 0 aliphatic carbocycles. The second-order valence-electron chi connectivity index (χ2n) is 4.90. The van der Waals surface area contributed by atoms with Gasteiger partial charge in [0.05, 0.1) is 23.0 Å². The van der Waals surface area contributed by atoms with E-state index in [2.05, 4.69) is 11.1 Å². The summed E-state index contributed by atoms with van der Waals surface area (Å²) in [5, 5.41) is 0.949. The Morgan fingerprint density at radius 3 is 2.59 bits per heavy atom. The molecule has 0 saturated carbocycles. The van der Waals surface area contributed by atoms with Crippen molar-refractivity contribution in [1.82, 2.24) is 4.98 Å². The van der Waals surface area contributed by atoms with E-state index in [0.29, 0.717) is 0 Å². The van der Waals surface area contributed by atoms with Crippen LogP contribution in [0.15, 0.2) is 48.5 Å². The first kappa shape index (κ1) is 15.4. The molecule has 1 atom stereocenters. The smallest absolute Gasteiger partial charge is 0.324 e. The molecule has 3 rings (SSSR count). The van der Waals surface area contributed by atoms with Gasteiger partial charge in [0, 0.05) is 5.56 Å². The van der Waals surface area contributed by atoms with Crippen molar-refractivity contribution in [2.45, 2.75) is 13.1 Å². The first-order valence-corrected chi connectivity index (χ1v) is 9.56. The van der Waals surface area contributed by atoms with Crippen LogP contribution in [0.5, 0.6) is 0 Å². The van der Waals surface area contributed by atoms with Gasteiger partial charge in [-0.2, -0.15) is 0 Å². The maximum absolute atomic E-state index is 11.8. The standard InChI is InChI=1S/C16H16NO3PS/c1-2-20-21(18,19)11-12-7-9-13(10-8-12)16-17-14-5-3-4-6-15(14)22-16/h3-10H,2,11H2,1H3,(H,18,19). The summed E-state index contributed by atoms with van der Waals surface area (Å²) in [5.41, 5.74) is 2.78. The SMILES string of the molecule is CCOP(=O)(O)Cc1ccc(-c2nc3ccccc3s2)cc1. The number of nitrogens with zero attached hydrogens (tertiary/aromatic N) is 1. The Hall–Kier alpha value is -1.52. The van der Waals surface area contributed by atoms with E-state index in [-0.39, 0.29) is 12.8 Å². The number of thiazole rings is 1. The maximum atomic E-state index is 11.8. The molecule has 22 heavy (non-hydrogen) atoms. The van der Waals surface area contributed by atoms with E-state index >= 15 is 0 Å². The minimum Gasteiger partial charge on any atom is -0.324 e. The van der Waals surface area contributed by atoms with Gasteiger partial charge >= 0.3 is 7.60 Å². The van der Waals surface area contributed by atoms with Gasteiger partial charge in [-0.05, 0) is 24.6 Å². The van der Waals surface area contributed by atoms with Crippen LogP contribution in [0.4, 0.5) is 0 Å². The number of fused-ring (bicyclic) bond motifs is 1. The van der Waals surface area contributed by atoms with E-state index in [0.717, 1.165) is 26.4 Å². The molecule has 0 saturated heterocycles. The molecular formula is C16H16NO3PS. The number of rotatable bonds is 5. The molecule has 1 aromatic heterocycles. The summed E-state index contributed by atoms with van der Waals surface area (Å²) >= 11 is 1.64. The predicted molar refractivity (Wildman–Crippen MR) is 90.2 cm³/mol. The molecule has 1 unspecified atom stereocenters. The summed E-state index contributed by atoms with van der Waals surface area (Å²) in [7, 11) is -3.54. The average molecular weight is 333 g/mol. The topological polar surface area (TPSA) is 59.4 Å². The third kappa shape index (κ3) is 3.45. The predicted octanol–water partition coefficient (Wildman–Crippen LogP) is 4.69. The first-order chi connectivity index (χ1) is 10.6. The highest BCUT2D eigenvalue weighted by Crippen LogP contribution is 2.45. The summed E-state index contributed by atoms with van der Waals surface area (Å²) in [5.74, 6) is 0. The number of benzene rings is 2. The number of hydrogen-bond acceptors (Lipinski definition) is 4. The molecule has 3 aromatic rings. The minimum absolute atomic E-state index is 0.0287. The number of aromatic nitrogens is 1. The third-order valence-electron chi connectivity index (χ3n) is 3.21. The van der Waals surface area contributed by atoms with Gasteiger partial charge in [-0.25, -0.2) is 4.98 Å². The van der Waals surface area contributed by atoms with E-state index in [9.17, 15) is 9.46 Å². The Morgan fingerprint density at radius 2 is 1.91 bits per heavy atom. The van der Waals surface area contributed by atoms with Crippen molar-refractivity contribution in [2.24, 2.45) is 0 Å². The molecule has 114 valence electrons. The zero-order valence-electron chi connectivity index (χ0n) is 12.1. The van der Waals surface area contributed by atoms with Crippen LogP contribution in [0.1, 0.15) is 12.5 Å². The van der Waals surface area contributed by atoms with Crippen molar-refractivity contribution in [3.05, 3.63) is 54.1 Å². The van der Waals surface area contributed by atoms with Gasteiger partial charge in [-0.1, -0.05) is 36.4 Å². The van der Waals surface area contributed by atoms with Gasteiger partial charge in [0.15, 0.2) is 0 Å². The Kier molecular flexibility index (Phi) is 4.41. The summed E-state index contributed by atoms with van der Waals surface area (Å²) in [6, 6.07) is 15.6. The van der Waals surface area contributed by atoms with E-state index in [1.54, 1.807) is 18.3 Å². The van der Waals surface area contributed by atoms with Crippen molar-refractivity contribution in [1.29, 1.82) is 0 Å². The molecule has 0 spiro atoms. The molecule has 0 aliphatic heterocycles. The molecule has 6 heteroatoms. The van der Waals surface area contributed by atoms with Crippen LogP contribution in [-0.2, 0) is 15.3 Å². The highest BCUT2D eigenvalue weighted by atomic mass is 32.1. The fourth-order valence-electron chi connectivity index (χ4n) is 2.23. The Balaban J connectivity index is 1.83. The summed E-state index contributed by atoms with van der Waals surface area (Å²) < 4.78 is 17.8. The Bertz CT molecular complexity index is 796. The zero-order valence-corrected chi connectivity index (χ0v) is 13.8. The first-order valence-electron chi connectivity index (χ1n) is 6.98. The van der Waals surface area contributed by atoms with Crippen LogP contribution in [-0.4, -0.2) is 16.5 Å². The summed E-state index contributed by atoms with van der Waals surface area (Å²) in [6.45, 7) is 1.94. The van der Waals surface area contributed by atoms with Crippen molar-refractivity contribution in [3.63, 3.8) is 0 Å². The summed E-state index contributed by atoms with van der Waals surface area (Å²) in [6.07, 6.45) is 0.0287. The van der Waals surface area contributed by atoms with Gasteiger partial charge in [0.1, 0.15) is 5.01 Å². The molecule has 4 nitrogen and oxygen atoms in total. The maximum Gasteiger partial charge on any atom is 0.332 e. The van der Waals surface area contributed by atoms with Crippen LogP contribution in [0.2, 0.25) is 0 Å². The van der Waals surface area contributed by atoms with Crippen LogP contribution in [0.25, 0.3) is 20.8 Å². The van der Waals surface area contributed by atoms with E-state index in [4.69, 9.17) is 4.52 Å². The molecule has 0 fully saturated rings. The van der Waals surface area contributed by atoms with Crippen molar-refractivity contribution in [2.75, 3.05) is 6.61 Å². The van der Waals surface area contributed by atoms with Gasteiger partial charge in [0.2, 0.25) is 0 Å². The molecule has 1 N–H and O–H groups in total. The lowest BCUT2D eigenvalue weighted by Crippen LogP contribution is -1.93. The average Bonchev–Trinajstić information content (AvgIpc) is 2.91. The van der Waals surface area contributed by atoms with Gasteiger partial charge in [-0.3, -0.25) is 4.57 Å². The molecule has 0 radical (unpaired) electrons. The molecule has 0 amide bonds. The van der Waals surface area contributed by atoms with Crippen LogP contribution < -0.4 is 0 Å². The van der Waals surface area contributed by atoms with Crippen molar-refractivity contribution in [3.8, 4) is 10.6 Å². The van der Waals surface area contributed by atoms with Gasteiger partial charge in [0.25, 0.3) is 0 Å². The molecule has 2 aromatic carbocycles. The fourth-order valence-corrected chi connectivity index (χ4v) is 4.36. The largest absolute Gasteiger partial charge is 0.332 e. The number of para-hydroxylation sites is 1. The van der Waals surface area contributed by atoms with Crippen molar-refractivity contribution < 1.29 is 14.0 Å². The second kappa shape index (κ2) is 6.31. The molecule has 1 heterocycles. The lowest BCUT2D eigenvalue weighted by molar-refractivity contribution is 0.272. The summed E-state index contributed by atoms with van der Waals surface area (Å²) in [4.78, 5) is 14.3. The normalized spacial score (nSPS) is 14.1. The fraction of sp³-hybridized carbons (Fsp3) is 0.188. The van der Waals surface area contributed by atoms with Crippen LogP contribution in [0.3, 0.4) is 0 Å². The lowest BCUT2D eigenvalue weighted by atomic mass is 10.2. The highest BCUT2D eigenvalue weighted by molar-refractivity contribution is 7.51. The van der Waals surface area contributed by atoms with Gasteiger partial charge < -0.3 is 9.42 Å². The highest BCUT2D eigenvalue weighted by Gasteiger charge is 2.19. The van der Waals surface area contributed by atoms with Gasteiger partial charge in [-0.15, -0.1) is 11.3 Å². The monoisotopic (exact) mass is 333 g/mol. The molecule has 0 aliphatic rings. The van der Waals surface area contributed by atoms with Crippen LogP contribution >= 0.6 is 18.9 Å². The third-order valence-corrected chi connectivity index (χ3v) is 5.72. The van der Waals surface area contributed by atoms with Crippen LogP contribution in [0, 0.1) is 0 Å². The lowest BCUT2D eigenvalue weighted by Gasteiger charge is -2.10. The Labute approximate surface area is 132 Å². The number of hydrogen-bond donors (Lipinski definition) is 1. The Morgan fingerprint density at radius 1 is 1.18 bits per heavy atom.